The smallest absolute Gasteiger partial charge is 0.160 e. The van der Waals surface area contributed by atoms with E-state index in [9.17, 15) is 0 Å². The first-order valence-corrected chi connectivity index (χ1v) is 22.1. The first-order chi connectivity index (χ1) is 32.2. The topological polar surface area (TPSA) is 43.6 Å². The maximum absolute atomic E-state index is 5.60. The summed E-state index contributed by atoms with van der Waals surface area (Å²) in [4.78, 5) is 16.1. The van der Waals surface area contributed by atoms with E-state index in [1.165, 1.54) is 43.2 Å². The second-order valence-corrected chi connectivity index (χ2v) is 16.7. The second-order valence-electron chi connectivity index (χ2n) is 16.7. The summed E-state index contributed by atoms with van der Waals surface area (Å²) in [5.41, 5.74) is 13.5. The van der Waals surface area contributed by atoms with Gasteiger partial charge in [-0.05, 0) is 75.0 Å². The number of rotatable bonds is 6. The molecule has 4 nitrogen and oxygen atoms in total. The van der Waals surface area contributed by atoms with Gasteiger partial charge in [0.25, 0.3) is 0 Å². The number of fused-ring (bicyclic) bond motifs is 9. The van der Waals surface area contributed by atoms with Crippen molar-refractivity contribution in [3.05, 3.63) is 231 Å². The van der Waals surface area contributed by atoms with E-state index in [4.69, 9.17) is 15.0 Å². The maximum Gasteiger partial charge on any atom is 0.160 e. The average Bonchev–Trinajstić information content (AvgIpc) is 3.71. The minimum absolute atomic E-state index is 0.694. The Bertz CT molecular complexity index is 3970. The Morgan fingerprint density at radius 2 is 0.908 bits per heavy atom. The van der Waals surface area contributed by atoms with Gasteiger partial charge in [-0.1, -0.05) is 188 Å². The molecule has 3 heterocycles. The van der Waals surface area contributed by atoms with Crippen LogP contribution in [0, 0.1) is 0 Å². The summed E-state index contributed by atoms with van der Waals surface area (Å²) in [5.74, 6) is 0.694. The Hall–Kier alpha value is -8.73. The molecule has 0 amide bonds. The van der Waals surface area contributed by atoms with Crippen molar-refractivity contribution < 1.29 is 0 Å². The van der Waals surface area contributed by atoms with Crippen molar-refractivity contribution in [1.82, 2.24) is 19.5 Å². The zero-order valence-corrected chi connectivity index (χ0v) is 35.2. The normalized spacial score (nSPS) is 11.7. The van der Waals surface area contributed by atoms with Crippen LogP contribution in [0.1, 0.15) is 0 Å². The molecule has 0 unspecified atom stereocenters. The molecule has 0 radical (unpaired) electrons. The third-order valence-corrected chi connectivity index (χ3v) is 13.0. The summed E-state index contributed by atoms with van der Waals surface area (Å²) in [6.45, 7) is 0. The summed E-state index contributed by atoms with van der Waals surface area (Å²) in [5, 5.41) is 10.7. The maximum atomic E-state index is 5.60. The molecule has 65 heavy (non-hydrogen) atoms. The number of aromatic nitrogens is 4. The van der Waals surface area contributed by atoms with Crippen LogP contribution in [0.25, 0.3) is 127 Å². The first kappa shape index (κ1) is 36.9. The lowest BCUT2D eigenvalue weighted by atomic mass is 9.94. The van der Waals surface area contributed by atoms with E-state index in [0.717, 1.165) is 78.0 Å². The van der Waals surface area contributed by atoms with Crippen LogP contribution < -0.4 is 0 Å². The van der Waals surface area contributed by atoms with Gasteiger partial charge in [0, 0.05) is 55.0 Å². The van der Waals surface area contributed by atoms with E-state index in [1.807, 2.05) is 18.2 Å². The Morgan fingerprint density at radius 3 is 1.69 bits per heavy atom. The van der Waals surface area contributed by atoms with Crippen molar-refractivity contribution in [3.8, 4) is 62.0 Å². The van der Waals surface area contributed by atoms with Gasteiger partial charge < -0.3 is 4.57 Å². The molecule has 0 aliphatic rings. The van der Waals surface area contributed by atoms with Crippen LogP contribution >= 0.6 is 0 Å². The van der Waals surface area contributed by atoms with Crippen LogP contribution in [-0.4, -0.2) is 19.5 Å². The van der Waals surface area contributed by atoms with E-state index in [0.29, 0.717) is 5.82 Å². The third-order valence-electron chi connectivity index (χ3n) is 13.0. The van der Waals surface area contributed by atoms with Crippen molar-refractivity contribution in [2.45, 2.75) is 0 Å². The van der Waals surface area contributed by atoms with Crippen LogP contribution in [0.15, 0.2) is 231 Å². The van der Waals surface area contributed by atoms with E-state index >= 15 is 0 Å². The van der Waals surface area contributed by atoms with Gasteiger partial charge in [-0.15, -0.1) is 0 Å². The number of hydrogen-bond acceptors (Lipinski definition) is 3. The Morgan fingerprint density at radius 1 is 0.292 bits per heavy atom. The highest BCUT2D eigenvalue weighted by molar-refractivity contribution is 6.21. The van der Waals surface area contributed by atoms with Gasteiger partial charge in [0.15, 0.2) is 5.82 Å². The number of hydrogen-bond donors (Lipinski definition) is 0. The second kappa shape index (κ2) is 15.0. The highest BCUT2D eigenvalue weighted by atomic mass is 15.0. The minimum atomic E-state index is 0.694. The van der Waals surface area contributed by atoms with Crippen molar-refractivity contribution in [3.63, 3.8) is 0 Å². The van der Waals surface area contributed by atoms with Gasteiger partial charge in [0.05, 0.1) is 33.6 Å². The molecule has 0 N–H and O–H groups in total. The standard InChI is InChI=1S/C61H38N4/c1-4-17-41(18-5-1)59-54-37-58-53(49-27-14-15-30-57(49)65(58)44-22-8-3-9-23-44)36-51(54)50-29-16-28-46(60(50)64-59)39-31-33-40(34-32-39)55-38-56(63-61(62-55)42-19-6-2-7-20-42)52-35-43-21-10-11-24-45(43)47-25-12-13-26-48(47)52/h1-38H. The Balaban J connectivity index is 0.991. The lowest BCUT2D eigenvalue weighted by Crippen LogP contribution is -1.97. The minimum Gasteiger partial charge on any atom is -0.309 e. The fraction of sp³-hybridized carbons (Fsp3) is 0. The Kier molecular flexibility index (Phi) is 8.50. The van der Waals surface area contributed by atoms with E-state index in [1.54, 1.807) is 0 Å². The Labute approximate surface area is 375 Å². The zero-order chi connectivity index (χ0) is 42.8. The van der Waals surface area contributed by atoms with E-state index in [2.05, 4.69) is 217 Å². The molecular weight excluding hydrogens is 789 g/mol. The van der Waals surface area contributed by atoms with Gasteiger partial charge in [0.1, 0.15) is 0 Å². The average molecular weight is 827 g/mol. The molecule has 0 saturated carbocycles. The molecule has 0 bridgehead atoms. The zero-order valence-electron chi connectivity index (χ0n) is 35.2. The summed E-state index contributed by atoms with van der Waals surface area (Å²) in [7, 11) is 0. The number of para-hydroxylation sites is 3. The molecule has 3 aromatic heterocycles. The van der Waals surface area contributed by atoms with Crippen molar-refractivity contribution in [2.24, 2.45) is 0 Å². The predicted molar refractivity (Wildman–Crippen MR) is 271 cm³/mol. The fourth-order valence-corrected chi connectivity index (χ4v) is 9.93. The molecule has 0 saturated heterocycles. The van der Waals surface area contributed by atoms with E-state index < -0.39 is 0 Å². The highest BCUT2D eigenvalue weighted by Gasteiger charge is 2.20. The molecule has 0 aliphatic carbocycles. The summed E-state index contributed by atoms with van der Waals surface area (Å²) in [6.07, 6.45) is 0. The molecule has 10 aromatic carbocycles. The largest absolute Gasteiger partial charge is 0.309 e. The summed E-state index contributed by atoms with van der Waals surface area (Å²) < 4.78 is 2.38. The van der Waals surface area contributed by atoms with Gasteiger partial charge >= 0.3 is 0 Å². The monoisotopic (exact) mass is 826 g/mol. The van der Waals surface area contributed by atoms with E-state index in [-0.39, 0.29) is 0 Å². The lowest BCUT2D eigenvalue weighted by Gasteiger charge is -2.15. The van der Waals surface area contributed by atoms with Crippen molar-refractivity contribution in [1.29, 1.82) is 0 Å². The quantitative estimate of drug-likeness (QED) is 0.157. The van der Waals surface area contributed by atoms with Gasteiger partial charge in [-0.25, -0.2) is 15.0 Å². The fourth-order valence-electron chi connectivity index (χ4n) is 9.93. The molecule has 0 fully saturated rings. The molecule has 0 aliphatic heterocycles. The highest BCUT2D eigenvalue weighted by Crippen LogP contribution is 2.42. The molecule has 0 spiro atoms. The molecule has 13 rings (SSSR count). The van der Waals surface area contributed by atoms with Crippen molar-refractivity contribution >= 4 is 65.0 Å². The summed E-state index contributed by atoms with van der Waals surface area (Å²) >= 11 is 0. The predicted octanol–water partition coefficient (Wildman–Crippen LogP) is 15.9. The van der Waals surface area contributed by atoms with Gasteiger partial charge in [-0.2, -0.15) is 0 Å². The van der Waals surface area contributed by atoms with Crippen LogP contribution in [-0.2, 0) is 0 Å². The van der Waals surface area contributed by atoms with Crippen LogP contribution in [0.2, 0.25) is 0 Å². The van der Waals surface area contributed by atoms with Gasteiger partial charge in [-0.3, -0.25) is 0 Å². The summed E-state index contributed by atoms with van der Waals surface area (Å²) in [6, 6.07) is 82.1. The number of benzene rings is 10. The van der Waals surface area contributed by atoms with Gasteiger partial charge in [0.2, 0.25) is 0 Å². The van der Waals surface area contributed by atoms with Crippen LogP contribution in [0.5, 0.6) is 0 Å². The van der Waals surface area contributed by atoms with Crippen LogP contribution in [0.4, 0.5) is 0 Å². The number of nitrogens with zero attached hydrogens (tertiary/aromatic N) is 4. The lowest BCUT2D eigenvalue weighted by molar-refractivity contribution is 1.18. The SMILES string of the molecule is c1ccc(-c2nc(-c3ccc(-c4cccc5c4nc(-c4ccccc4)c4cc6c(cc45)c4ccccc4n6-c4ccccc4)cc3)cc(-c3cc4ccccc4c4ccccc34)n2)cc1. The molecule has 13 aromatic rings. The molecule has 0 atom stereocenters. The van der Waals surface area contributed by atoms with Crippen LogP contribution in [0.3, 0.4) is 0 Å². The third kappa shape index (κ3) is 6.11. The molecular formula is C61H38N4. The molecule has 302 valence electrons. The number of pyridine rings is 1. The molecule has 4 heteroatoms. The first-order valence-electron chi connectivity index (χ1n) is 22.1. The van der Waals surface area contributed by atoms with Crippen molar-refractivity contribution in [2.75, 3.05) is 0 Å².